The number of benzene rings is 3. The lowest BCUT2D eigenvalue weighted by Crippen LogP contribution is -2.36. The molecule has 2 heterocycles. The summed E-state index contributed by atoms with van der Waals surface area (Å²) in [6.07, 6.45) is 0. The maximum Gasteiger partial charge on any atom is 0.344 e. The van der Waals surface area contributed by atoms with E-state index < -0.39 is 5.63 Å². The number of rotatable bonds is 4. The molecule has 32 heavy (non-hydrogen) atoms. The average Bonchev–Trinajstić information content (AvgIpc) is 2.84. The molecule has 0 aliphatic carbocycles. The minimum Gasteiger partial charge on any atom is -0.422 e. The van der Waals surface area contributed by atoms with Crippen molar-refractivity contribution in [2.75, 3.05) is 36.5 Å². The van der Waals surface area contributed by atoms with Gasteiger partial charge in [-0.2, -0.15) is 0 Å². The van der Waals surface area contributed by atoms with Crippen LogP contribution in [-0.2, 0) is 4.74 Å². The van der Waals surface area contributed by atoms with Gasteiger partial charge in [-0.1, -0.05) is 42.5 Å². The first-order valence-electron chi connectivity index (χ1n) is 10.6. The van der Waals surface area contributed by atoms with E-state index in [-0.39, 0.29) is 5.91 Å². The molecule has 1 aliphatic heterocycles. The Kier molecular flexibility index (Phi) is 5.44. The van der Waals surface area contributed by atoms with Crippen molar-refractivity contribution in [3.05, 3.63) is 94.8 Å². The number of nitrogens with one attached hydrogen (secondary N) is 1. The molecule has 0 spiro atoms. The Morgan fingerprint density at radius 3 is 2.41 bits per heavy atom. The van der Waals surface area contributed by atoms with Crippen LogP contribution in [0.3, 0.4) is 0 Å². The number of nitrogens with zero attached hydrogens (tertiary/aromatic N) is 1. The molecular weight excluding hydrogens is 404 g/mol. The number of hydrogen-bond donors (Lipinski definition) is 1. The van der Waals surface area contributed by atoms with Crippen LogP contribution in [0.5, 0.6) is 0 Å². The van der Waals surface area contributed by atoms with Gasteiger partial charge in [-0.25, -0.2) is 4.79 Å². The lowest BCUT2D eigenvalue weighted by Gasteiger charge is -2.30. The molecule has 6 heteroatoms. The smallest absolute Gasteiger partial charge is 0.344 e. The van der Waals surface area contributed by atoms with Gasteiger partial charge in [0, 0.05) is 24.0 Å². The van der Waals surface area contributed by atoms with Crippen LogP contribution >= 0.6 is 0 Å². The van der Waals surface area contributed by atoms with Gasteiger partial charge in [0.25, 0.3) is 5.91 Å². The summed E-state index contributed by atoms with van der Waals surface area (Å²) >= 11 is 0. The van der Waals surface area contributed by atoms with Gasteiger partial charge in [-0.3, -0.25) is 4.79 Å². The van der Waals surface area contributed by atoms with E-state index in [0.29, 0.717) is 35.5 Å². The summed E-state index contributed by atoms with van der Waals surface area (Å²) in [5.41, 5.74) is 3.57. The number of fused-ring (bicyclic) bond motifs is 1. The van der Waals surface area contributed by atoms with Crippen LogP contribution in [0.15, 0.2) is 88.1 Å². The van der Waals surface area contributed by atoms with Gasteiger partial charge in [-0.05, 0) is 42.0 Å². The van der Waals surface area contributed by atoms with Gasteiger partial charge in [0.1, 0.15) is 5.58 Å². The summed E-state index contributed by atoms with van der Waals surface area (Å²) in [6, 6.07) is 23.9. The number of anilines is 2. The first-order chi connectivity index (χ1) is 15.7. The van der Waals surface area contributed by atoms with Gasteiger partial charge in [0.15, 0.2) is 0 Å². The molecule has 1 amide bonds. The minimum atomic E-state index is -0.402. The molecule has 1 fully saturated rings. The minimum absolute atomic E-state index is 0.206. The van der Waals surface area contributed by atoms with Crippen LogP contribution in [0.4, 0.5) is 11.4 Å². The van der Waals surface area contributed by atoms with Crippen LogP contribution in [0.25, 0.3) is 22.1 Å². The highest BCUT2D eigenvalue weighted by Gasteiger charge is 2.16. The zero-order valence-electron chi connectivity index (χ0n) is 17.4. The number of para-hydroxylation sites is 3. The Bertz CT molecular complexity index is 1320. The van der Waals surface area contributed by atoms with Crippen LogP contribution in [0.1, 0.15) is 10.4 Å². The monoisotopic (exact) mass is 426 g/mol. The zero-order valence-corrected chi connectivity index (χ0v) is 17.4. The average molecular weight is 426 g/mol. The maximum atomic E-state index is 12.9. The Labute approximate surface area is 185 Å². The molecule has 1 saturated heterocycles. The van der Waals surface area contributed by atoms with Crippen molar-refractivity contribution in [2.24, 2.45) is 0 Å². The number of amides is 1. The molecule has 160 valence electrons. The summed E-state index contributed by atoms with van der Waals surface area (Å²) in [4.78, 5) is 27.5. The summed E-state index contributed by atoms with van der Waals surface area (Å²) in [5, 5.41) is 3.87. The largest absolute Gasteiger partial charge is 0.422 e. The summed E-state index contributed by atoms with van der Waals surface area (Å²) in [6.45, 7) is 2.92. The van der Waals surface area contributed by atoms with E-state index in [9.17, 15) is 9.59 Å². The third-order valence-electron chi connectivity index (χ3n) is 5.60. The second-order valence-corrected chi connectivity index (χ2v) is 7.63. The summed E-state index contributed by atoms with van der Waals surface area (Å²) in [5.74, 6) is -0.206. The predicted octanol–water partition coefficient (Wildman–Crippen LogP) is 4.55. The topological polar surface area (TPSA) is 71.8 Å². The van der Waals surface area contributed by atoms with Crippen LogP contribution in [0, 0.1) is 0 Å². The van der Waals surface area contributed by atoms with E-state index in [2.05, 4.69) is 10.2 Å². The highest BCUT2D eigenvalue weighted by molar-refractivity contribution is 6.06. The molecule has 0 atom stereocenters. The third-order valence-corrected chi connectivity index (χ3v) is 5.60. The zero-order chi connectivity index (χ0) is 21.9. The van der Waals surface area contributed by atoms with Crippen molar-refractivity contribution in [3.63, 3.8) is 0 Å². The highest BCUT2D eigenvalue weighted by Crippen LogP contribution is 2.27. The van der Waals surface area contributed by atoms with Crippen molar-refractivity contribution in [1.82, 2.24) is 0 Å². The SMILES string of the molecule is O=C(Nc1ccccc1N1CCOCC1)c1ccc(-c2cc3ccccc3oc2=O)cc1. The second-order valence-electron chi connectivity index (χ2n) is 7.63. The van der Waals surface area contributed by atoms with Crippen molar-refractivity contribution in [2.45, 2.75) is 0 Å². The molecule has 6 nitrogen and oxygen atoms in total. The number of ether oxygens (including phenoxy) is 1. The standard InChI is InChI=1S/C26H22N2O4/c29-25(27-22-6-2-3-7-23(22)28-13-15-31-16-14-28)19-11-9-18(10-12-19)21-17-20-5-1-4-8-24(20)32-26(21)30/h1-12,17H,13-16H2,(H,27,29). The van der Waals surface area contributed by atoms with Crippen LogP contribution < -0.4 is 15.8 Å². The number of morpholine rings is 1. The van der Waals surface area contributed by atoms with E-state index >= 15 is 0 Å². The number of carbonyl (C=O) groups excluding carboxylic acids is 1. The lowest BCUT2D eigenvalue weighted by atomic mass is 10.0. The molecule has 1 N–H and O–H groups in total. The Morgan fingerprint density at radius 2 is 1.59 bits per heavy atom. The van der Waals surface area contributed by atoms with Gasteiger partial charge in [0.2, 0.25) is 0 Å². The van der Waals surface area contributed by atoms with E-state index in [0.717, 1.165) is 29.9 Å². The summed E-state index contributed by atoms with van der Waals surface area (Å²) < 4.78 is 10.9. The molecule has 5 rings (SSSR count). The molecule has 3 aromatic carbocycles. The predicted molar refractivity (Wildman–Crippen MR) is 125 cm³/mol. The fourth-order valence-corrected chi connectivity index (χ4v) is 3.92. The van der Waals surface area contributed by atoms with E-state index in [1.807, 2.05) is 48.5 Å². The van der Waals surface area contributed by atoms with Gasteiger partial charge in [-0.15, -0.1) is 0 Å². The van der Waals surface area contributed by atoms with Gasteiger partial charge in [0.05, 0.1) is 30.2 Å². The van der Waals surface area contributed by atoms with Crippen molar-refractivity contribution in [1.29, 1.82) is 0 Å². The molecule has 0 saturated carbocycles. The van der Waals surface area contributed by atoms with Crippen LogP contribution in [-0.4, -0.2) is 32.2 Å². The quantitative estimate of drug-likeness (QED) is 0.485. The first-order valence-corrected chi connectivity index (χ1v) is 10.6. The normalized spacial score (nSPS) is 13.8. The molecule has 0 bridgehead atoms. The Balaban J connectivity index is 1.38. The van der Waals surface area contributed by atoms with Crippen molar-refractivity contribution < 1.29 is 13.9 Å². The van der Waals surface area contributed by atoms with Crippen LogP contribution in [0.2, 0.25) is 0 Å². The molecule has 1 aliphatic rings. The van der Waals surface area contributed by atoms with Crippen molar-refractivity contribution in [3.8, 4) is 11.1 Å². The van der Waals surface area contributed by atoms with Gasteiger partial charge >= 0.3 is 5.63 Å². The van der Waals surface area contributed by atoms with Gasteiger partial charge < -0.3 is 19.4 Å². The molecule has 0 radical (unpaired) electrons. The van der Waals surface area contributed by atoms with E-state index in [1.165, 1.54) is 0 Å². The second kappa shape index (κ2) is 8.69. The highest BCUT2D eigenvalue weighted by atomic mass is 16.5. The Hall–Kier alpha value is -3.90. The van der Waals surface area contributed by atoms with E-state index in [1.54, 1.807) is 30.3 Å². The van der Waals surface area contributed by atoms with E-state index in [4.69, 9.17) is 9.15 Å². The fourth-order valence-electron chi connectivity index (χ4n) is 3.92. The maximum absolute atomic E-state index is 12.9. The van der Waals surface area contributed by atoms with Crippen molar-refractivity contribution >= 4 is 28.3 Å². The summed E-state index contributed by atoms with van der Waals surface area (Å²) in [7, 11) is 0. The molecule has 0 unspecified atom stereocenters. The molecule has 1 aromatic heterocycles. The molecular formula is C26H22N2O4. The number of hydrogen-bond acceptors (Lipinski definition) is 5. The molecule has 4 aromatic rings. The number of carbonyl (C=O) groups is 1. The first kappa shape index (κ1) is 20.0. The fraction of sp³-hybridized carbons (Fsp3) is 0.154. The Morgan fingerprint density at radius 1 is 0.875 bits per heavy atom. The lowest BCUT2D eigenvalue weighted by molar-refractivity contribution is 0.102. The third kappa shape index (κ3) is 4.00.